The van der Waals surface area contributed by atoms with Crippen LogP contribution >= 0.6 is 0 Å². The monoisotopic (exact) mass is 235 g/mol. The van der Waals surface area contributed by atoms with Gasteiger partial charge in [0.15, 0.2) is 0 Å². The standard InChI is InChI=1S/C14H21NO2/c1-3-4-5-6-10-17-14-9-7-8-13(11-14)12(2)15-16/h7-9,11-12H,3-6,10H2,1-2H3. The molecule has 1 aromatic carbocycles. The molecule has 94 valence electrons. The van der Waals surface area contributed by atoms with Gasteiger partial charge in [-0.3, -0.25) is 0 Å². The Morgan fingerprint density at radius 1 is 1.29 bits per heavy atom. The molecule has 3 heteroatoms. The van der Waals surface area contributed by atoms with Gasteiger partial charge in [-0.25, -0.2) is 0 Å². The average molecular weight is 235 g/mol. The number of hydrogen-bond acceptors (Lipinski definition) is 3. The summed E-state index contributed by atoms with van der Waals surface area (Å²) in [5.74, 6) is 0.828. The van der Waals surface area contributed by atoms with Gasteiger partial charge in [-0.05, 0) is 31.0 Å². The van der Waals surface area contributed by atoms with E-state index in [4.69, 9.17) is 4.74 Å². The van der Waals surface area contributed by atoms with E-state index in [9.17, 15) is 4.91 Å². The smallest absolute Gasteiger partial charge is 0.119 e. The average Bonchev–Trinajstić information content (AvgIpc) is 2.38. The molecular formula is C14H21NO2. The molecule has 1 unspecified atom stereocenters. The lowest BCUT2D eigenvalue weighted by Crippen LogP contribution is -1.98. The quantitative estimate of drug-likeness (QED) is 0.492. The molecule has 3 nitrogen and oxygen atoms in total. The number of nitroso groups, excluding NO2 is 1. The van der Waals surface area contributed by atoms with Crippen molar-refractivity contribution in [1.29, 1.82) is 0 Å². The Hall–Kier alpha value is -1.38. The second kappa shape index (κ2) is 7.82. The fraction of sp³-hybridized carbons (Fsp3) is 0.571. The minimum atomic E-state index is -0.307. The molecule has 1 atom stereocenters. The molecule has 0 aromatic heterocycles. The van der Waals surface area contributed by atoms with Crippen LogP contribution in [0.1, 0.15) is 51.1 Å². The van der Waals surface area contributed by atoms with Gasteiger partial charge in [0.2, 0.25) is 0 Å². The number of rotatable bonds is 8. The zero-order chi connectivity index (χ0) is 12.5. The molecule has 0 N–H and O–H groups in total. The summed E-state index contributed by atoms with van der Waals surface area (Å²) in [5, 5.41) is 3.02. The predicted octanol–water partition coefficient (Wildman–Crippen LogP) is 4.47. The van der Waals surface area contributed by atoms with Gasteiger partial charge in [0.1, 0.15) is 11.8 Å². The maximum Gasteiger partial charge on any atom is 0.119 e. The summed E-state index contributed by atoms with van der Waals surface area (Å²) in [6.07, 6.45) is 4.79. The highest BCUT2D eigenvalue weighted by Crippen LogP contribution is 2.21. The zero-order valence-corrected chi connectivity index (χ0v) is 10.7. The first-order valence-electron chi connectivity index (χ1n) is 6.33. The lowest BCUT2D eigenvalue weighted by atomic mass is 10.1. The SMILES string of the molecule is CCCCCCOc1cccc(C(C)N=O)c1. The van der Waals surface area contributed by atoms with Gasteiger partial charge in [-0.15, -0.1) is 0 Å². The maximum atomic E-state index is 10.5. The Morgan fingerprint density at radius 3 is 2.82 bits per heavy atom. The lowest BCUT2D eigenvalue weighted by molar-refractivity contribution is 0.304. The second-order valence-corrected chi connectivity index (χ2v) is 4.26. The molecule has 0 saturated carbocycles. The van der Waals surface area contributed by atoms with Crippen LogP contribution in [0.5, 0.6) is 5.75 Å². The Labute approximate surface area is 103 Å². The van der Waals surface area contributed by atoms with Crippen LogP contribution in [0, 0.1) is 4.91 Å². The summed E-state index contributed by atoms with van der Waals surface area (Å²) < 4.78 is 5.64. The molecular weight excluding hydrogens is 214 g/mol. The van der Waals surface area contributed by atoms with Crippen LogP contribution < -0.4 is 4.74 Å². The molecule has 0 spiro atoms. The highest BCUT2D eigenvalue weighted by atomic mass is 16.5. The van der Waals surface area contributed by atoms with Crippen molar-refractivity contribution in [1.82, 2.24) is 0 Å². The number of benzene rings is 1. The third-order valence-corrected chi connectivity index (χ3v) is 2.77. The van der Waals surface area contributed by atoms with Crippen molar-refractivity contribution in [2.24, 2.45) is 5.18 Å². The fourth-order valence-electron chi connectivity index (χ4n) is 1.64. The summed E-state index contributed by atoms with van der Waals surface area (Å²) in [5.41, 5.74) is 0.908. The molecule has 0 saturated heterocycles. The van der Waals surface area contributed by atoms with E-state index in [1.54, 1.807) is 6.92 Å². The number of nitrogens with zero attached hydrogens (tertiary/aromatic N) is 1. The highest BCUT2D eigenvalue weighted by Gasteiger charge is 2.05. The van der Waals surface area contributed by atoms with E-state index < -0.39 is 0 Å². The number of hydrogen-bond donors (Lipinski definition) is 0. The van der Waals surface area contributed by atoms with Crippen LogP contribution in [0.15, 0.2) is 29.4 Å². The van der Waals surface area contributed by atoms with Gasteiger partial charge in [0.05, 0.1) is 6.61 Å². The molecule has 0 heterocycles. The van der Waals surface area contributed by atoms with Crippen LogP contribution in [0.2, 0.25) is 0 Å². The molecule has 1 rings (SSSR count). The Kier molecular flexibility index (Phi) is 6.30. The predicted molar refractivity (Wildman–Crippen MR) is 70.3 cm³/mol. The van der Waals surface area contributed by atoms with E-state index in [2.05, 4.69) is 12.1 Å². The molecule has 0 bridgehead atoms. The topological polar surface area (TPSA) is 38.7 Å². The van der Waals surface area contributed by atoms with Gasteiger partial charge < -0.3 is 4.74 Å². The number of unbranched alkanes of at least 4 members (excludes halogenated alkanes) is 3. The van der Waals surface area contributed by atoms with Crippen LogP contribution in [-0.2, 0) is 0 Å². The molecule has 0 aliphatic heterocycles. The van der Waals surface area contributed by atoms with Crippen LogP contribution in [0.3, 0.4) is 0 Å². The Balaban J connectivity index is 2.40. The van der Waals surface area contributed by atoms with E-state index in [-0.39, 0.29) is 6.04 Å². The van der Waals surface area contributed by atoms with Gasteiger partial charge in [-0.1, -0.05) is 43.5 Å². The zero-order valence-electron chi connectivity index (χ0n) is 10.7. The first-order chi connectivity index (χ1) is 8.27. The van der Waals surface area contributed by atoms with Crippen molar-refractivity contribution >= 4 is 0 Å². The van der Waals surface area contributed by atoms with Gasteiger partial charge >= 0.3 is 0 Å². The normalized spacial score (nSPS) is 12.1. The van der Waals surface area contributed by atoms with Crippen LogP contribution in [-0.4, -0.2) is 6.61 Å². The maximum absolute atomic E-state index is 10.5. The van der Waals surface area contributed by atoms with E-state index >= 15 is 0 Å². The highest BCUT2D eigenvalue weighted by molar-refractivity contribution is 5.30. The van der Waals surface area contributed by atoms with Crippen molar-refractivity contribution in [3.63, 3.8) is 0 Å². The van der Waals surface area contributed by atoms with Crippen LogP contribution in [0.25, 0.3) is 0 Å². The fourth-order valence-corrected chi connectivity index (χ4v) is 1.64. The molecule has 0 fully saturated rings. The minimum Gasteiger partial charge on any atom is -0.494 e. The van der Waals surface area contributed by atoms with Crippen molar-refractivity contribution in [2.75, 3.05) is 6.61 Å². The Morgan fingerprint density at radius 2 is 2.12 bits per heavy atom. The van der Waals surface area contributed by atoms with Crippen molar-refractivity contribution in [3.05, 3.63) is 34.7 Å². The van der Waals surface area contributed by atoms with Gasteiger partial charge in [0.25, 0.3) is 0 Å². The van der Waals surface area contributed by atoms with Gasteiger partial charge in [0, 0.05) is 0 Å². The van der Waals surface area contributed by atoms with Crippen molar-refractivity contribution in [3.8, 4) is 5.75 Å². The summed E-state index contributed by atoms with van der Waals surface area (Å²) in [6, 6.07) is 7.31. The number of ether oxygens (including phenoxy) is 1. The minimum absolute atomic E-state index is 0.307. The second-order valence-electron chi connectivity index (χ2n) is 4.26. The lowest BCUT2D eigenvalue weighted by Gasteiger charge is -2.08. The van der Waals surface area contributed by atoms with Gasteiger partial charge in [-0.2, -0.15) is 4.91 Å². The molecule has 17 heavy (non-hydrogen) atoms. The summed E-state index contributed by atoms with van der Waals surface area (Å²) in [7, 11) is 0. The van der Waals surface area contributed by atoms with E-state index in [0.29, 0.717) is 0 Å². The first kappa shape index (κ1) is 13.7. The molecule has 0 amide bonds. The van der Waals surface area contributed by atoms with E-state index in [0.717, 1.165) is 24.3 Å². The Bertz CT molecular complexity index is 339. The van der Waals surface area contributed by atoms with Crippen molar-refractivity contribution in [2.45, 2.75) is 45.6 Å². The first-order valence-corrected chi connectivity index (χ1v) is 6.33. The van der Waals surface area contributed by atoms with Crippen molar-refractivity contribution < 1.29 is 4.74 Å². The summed E-state index contributed by atoms with van der Waals surface area (Å²) in [6.45, 7) is 4.72. The summed E-state index contributed by atoms with van der Waals surface area (Å²) in [4.78, 5) is 10.5. The summed E-state index contributed by atoms with van der Waals surface area (Å²) >= 11 is 0. The van der Waals surface area contributed by atoms with Crippen LogP contribution in [0.4, 0.5) is 0 Å². The third kappa shape index (κ3) is 4.98. The van der Waals surface area contributed by atoms with E-state index in [1.807, 2.05) is 24.3 Å². The largest absolute Gasteiger partial charge is 0.494 e. The molecule has 0 radical (unpaired) electrons. The molecule has 0 aliphatic carbocycles. The van der Waals surface area contributed by atoms with E-state index in [1.165, 1.54) is 19.3 Å². The molecule has 0 aliphatic rings. The third-order valence-electron chi connectivity index (χ3n) is 2.77. The molecule has 1 aromatic rings.